The van der Waals surface area contributed by atoms with Crippen LogP contribution in [0.1, 0.15) is 35.2 Å². The van der Waals surface area contributed by atoms with Crippen molar-refractivity contribution in [2.24, 2.45) is 0 Å². The maximum absolute atomic E-state index is 13.8. The van der Waals surface area contributed by atoms with Gasteiger partial charge >= 0.3 is 0 Å². The number of anilines is 2. The van der Waals surface area contributed by atoms with Crippen LogP contribution in [0.15, 0.2) is 36.4 Å². The average Bonchev–Trinajstić information content (AvgIpc) is 2.62. The second-order valence-electron chi connectivity index (χ2n) is 6.37. The van der Waals surface area contributed by atoms with Gasteiger partial charge in [0.15, 0.2) is 0 Å². The van der Waals surface area contributed by atoms with Crippen molar-refractivity contribution in [1.29, 1.82) is 0 Å². The number of methoxy groups -OCH3 is 1. The van der Waals surface area contributed by atoms with Crippen LogP contribution in [0, 0.1) is 12.7 Å². The maximum Gasteiger partial charge on any atom is 0.259 e. The molecule has 1 aliphatic heterocycles. The topological polar surface area (TPSA) is 41.6 Å². The molecule has 2 aromatic rings. The average molecular weight is 342 g/mol. The first-order chi connectivity index (χ1) is 12.1. The summed E-state index contributed by atoms with van der Waals surface area (Å²) >= 11 is 0. The number of ether oxygens (including phenoxy) is 1. The number of amides is 1. The summed E-state index contributed by atoms with van der Waals surface area (Å²) in [7, 11) is 1.53. The van der Waals surface area contributed by atoms with Crippen LogP contribution >= 0.6 is 0 Å². The lowest BCUT2D eigenvalue weighted by molar-refractivity contribution is 0.102. The zero-order chi connectivity index (χ0) is 17.8. The summed E-state index contributed by atoms with van der Waals surface area (Å²) in [6.07, 6.45) is 3.42. The predicted molar refractivity (Wildman–Crippen MR) is 98.1 cm³/mol. The van der Waals surface area contributed by atoms with E-state index in [1.165, 1.54) is 25.7 Å². The molecular formula is C20H23FN2O2. The van der Waals surface area contributed by atoms with Crippen molar-refractivity contribution >= 4 is 17.3 Å². The van der Waals surface area contributed by atoms with E-state index in [1.54, 1.807) is 18.2 Å². The molecule has 0 aliphatic carbocycles. The number of hydrogen-bond donors (Lipinski definition) is 1. The van der Waals surface area contributed by atoms with Gasteiger partial charge in [-0.15, -0.1) is 0 Å². The summed E-state index contributed by atoms with van der Waals surface area (Å²) in [6, 6.07) is 9.98. The summed E-state index contributed by atoms with van der Waals surface area (Å²) in [5, 5.41) is 2.87. The van der Waals surface area contributed by atoms with Gasteiger partial charge in [0.1, 0.15) is 11.6 Å². The van der Waals surface area contributed by atoms with Crippen LogP contribution in [0.2, 0.25) is 0 Å². The van der Waals surface area contributed by atoms with E-state index in [0.717, 1.165) is 37.2 Å². The summed E-state index contributed by atoms with van der Waals surface area (Å²) in [5.41, 5.74) is 2.76. The minimum Gasteiger partial charge on any atom is -0.496 e. The van der Waals surface area contributed by atoms with E-state index >= 15 is 0 Å². The van der Waals surface area contributed by atoms with E-state index in [0.29, 0.717) is 17.0 Å². The number of carbonyl (C=O) groups excluding carboxylic acids is 1. The molecule has 0 aromatic heterocycles. The Morgan fingerprint density at radius 2 is 1.88 bits per heavy atom. The number of benzene rings is 2. The Hall–Kier alpha value is -2.56. The van der Waals surface area contributed by atoms with Crippen molar-refractivity contribution in [3.63, 3.8) is 0 Å². The Bertz CT molecular complexity index is 770. The molecule has 5 heteroatoms. The molecule has 0 spiro atoms. The standard InChI is InChI=1S/C20H23FN2O2/c1-14-6-9-19(25-2)16(12-14)20(24)22-17-13-15(21)7-8-18(17)23-10-4-3-5-11-23/h6-9,12-13H,3-5,10-11H2,1-2H3,(H,22,24). The molecule has 3 rings (SSSR count). The molecule has 132 valence electrons. The quantitative estimate of drug-likeness (QED) is 0.896. The van der Waals surface area contributed by atoms with Crippen LogP contribution < -0.4 is 15.0 Å². The molecule has 1 saturated heterocycles. The number of rotatable bonds is 4. The third-order valence-corrected chi connectivity index (χ3v) is 4.50. The lowest BCUT2D eigenvalue weighted by Crippen LogP contribution is -2.30. The third kappa shape index (κ3) is 3.92. The van der Waals surface area contributed by atoms with Gasteiger partial charge in [0.05, 0.1) is 24.0 Å². The lowest BCUT2D eigenvalue weighted by Gasteiger charge is -2.30. The highest BCUT2D eigenvalue weighted by Gasteiger charge is 2.19. The van der Waals surface area contributed by atoms with E-state index in [4.69, 9.17) is 4.74 Å². The molecule has 1 amide bonds. The van der Waals surface area contributed by atoms with Crippen LogP contribution in [0.25, 0.3) is 0 Å². The smallest absolute Gasteiger partial charge is 0.259 e. The van der Waals surface area contributed by atoms with Crippen LogP contribution in [0.3, 0.4) is 0 Å². The Balaban J connectivity index is 1.90. The highest BCUT2D eigenvalue weighted by Crippen LogP contribution is 2.30. The molecule has 0 unspecified atom stereocenters. The zero-order valence-electron chi connectivity index (χ0n) is 14.6. The van der Waals surface area contributed by atoms with Crippen LogP contribution in [-0.4, -0.2) is 26.1 Å². The van der Waals surface area contributed by atoms with Gasteiger partial charge in [0.2, 0.25) is 0 Å². The number of carbonyl (C=O) groups is 1. The number of nitrogens with zero attached hydrogens (tertiary/aromatic N) is 1. The maximum atomic E-state index is 13.8. The first-order valence-electron chi connectivity index (χ1n) is 8.59. The molecule has 25 heavy (non-hydrogen) atoms. The molecule has 0 bridgehead atoms. The molecule has 0 saturated carbocycles. The Morgan fingerprint density at radius 3 is 2.60 bits per heavy atom. The highest BCUT2D eigenvalue weighted by atomic mass is 19.1. The molecule has 1 N–H and O–H groups in total. The molecule has 1 aliphatic rings. The Labute approximate surface area is 147 Å². The van der Waals surface area contributed by atoms with Gasteiger partial charge in [0.25, 0.3) is 5.91 Å². The number of halogens is 1. The fourth-order valence-electron chi connectivity index (χ4n) is 3.21. The lowest BCUT2D eigenvalue weighted by atomic mass is 10.1. The van der Waals surface area contributed by atoms with Crippen LogP contribution in [0.4, 0.5) is 15.8 Å². The molecule has 1 heterocycles. The van der Waals surface area contributed by atoms with Crippen molar-refractivity contribution in [3.8, 4) is 5.75 Å². The van der Waals surface area contributed by atoms with Gasteiger partial charge in [-0.05, 0) is 56.5 Å². The minimum atomic E-state index is -0.368. The Morgan fingerprint density at radius 1 is 1.12 bits per heavy atom. The van der Waals surface area contributed by atoms with Crippen molar-refractivity contribution in [2.75, 3.05) is 30.4 Å². The second kappa shape index (κ2) is 7.55. The number of piperidine rings is 1. The highest BCUT2D eigenvalue weighted by molar-refractivity contribution is 6.07. The number of aryl methyl sites for hydroxylation is 1. The first-order valence-corrected chi connectivity index (χ1v) is 8.59. The van der Waals surface area contributed by atoms with Crippen LogP contribution in [0.5, 0.6) is 5.75 Å². The summed E-state index contributed by atoms with van der Waals surface area (Å²) in [6.45, 7) is 3.75. The zero-order valence-corrected chi connectivity index (χ0v) is 14.6. The summed E-state index contributed by atoms with van der Waals surface area (Å²) < 4.78 is 19.1. The molecule has 2 aromatic carbocycles. The first kappa shape index (κ1) is 17.3. The SMILES string of the molecule is COc1ccc(C)cc1C(=O)Nc1cc(F)ccc1N1CCCCC1. The van der Waals surface area contributed by atoms with Crippen molar-refractivity contribution in [2.45, 2.75) is 26.2 Å². The van der Waals surface area contributed by atoms with Gasteiger partial charge in [-0.2, -0.15) is 0 Å². The molecule has 0 radical (unpaired) electrons. The van der Waals surface area contributed by atoms with Gasteiger partial charge in [0, 0.05) is 13.1 Å². The van der Waals surface area contributed by atoms with Gasteiger partial charge < -0.3 is 15.0 Å². The van der Waals surface area contributed by atoms with E-state index in [1.807, 2.05) is 13.0 Å². The molecule has 4 nitrogen and oxygen atoms in total. The van der Waals surface area contributed by atoms with E-state index in [-0.39, 0.29) is 11.7 Å². The van der Waals surface area contributed by atoms with Gasteiger partial charge in [-0.1, -0.05) is 11.6 Å². The summed E-state index contributed by atoms with van der Waals surface area (Å²) in [4.78, 5) is 15.0. The third-order valence-electron chi connectivity index (χ3n) is 4.50. The van der Waals surface area contributed by atoms with Crippen LogP contribution in [-0.2, 0) is 0 Å². The van der Waals surface area contributed by atoms with Gasteiger partial charge in [-0.25, -0.2) is 4.39 Å². The molecule has 0 atom stereocenters. The van der Waals surface area contributed by atoms with E-state index < -0.39 is 0 Å². The largest absolute Gasteiger partial charge is 0.496 e. The normalized spacial score (nSPS) is 14.3. The second-order valence-corrected chi connectivity index (χ2v) is 6.37. The molecular weight excluding hydrogens is 319 g/mol. The predicted octanol–water partition coefficient (Wildman–Crippen LogP) is 4.39. The monoisotopic (exact) mass is 342 g/mol. The van der Waals surface area contributed by atoms with Crippen molar-refractivity contribution in [3.05, 3.63) is 53.3 Å². The van der Waals surface area contributed by atoms with Crippen molar-refractivity contribution in [1.82, 2.24) is 0 Å². The fraction of sp³-hybridized carbons (Fsp3) is 0.350. The Kier molecular flexibility index (Phi) is 5.22. The van der Waals surface area contributed by atoms with Gasteiger partial charge in [-0.3, -0.25) is 4.79 Å². The van der Waals surface area contributed by atoms with E-state index in [9.17, 15) is 9.18 Å². The van der Waals surface area contributed by atoms with Crippen molar-refractivity contribution < 1.29 is 13.9 Å². The van der Waals surface area contributed by atoms with E-state index in [2.05, 4.69) is 10.2 Å². The number of nitrogens with one attached hydrogen (secondary N) is 1. The molecule has 1 fully saturated rings. The minimum absolute atomic E-state index is 0.301. The fourth-order valence-corrected chi connectivity index (χ4v) is 3.21. The summed E-state index contributed by atoms with van der Waals surface area (Å²) in [5.74, 6) is -0.171. The number of hydrogen-bond acceptors (Lipinski definition) is 3.